The number of amides is 2. The highest BCUT2D eigenvalue weighted by atomic mass is 16.2. The summed E-state index contributed by atoms with van der Waals surface area (Å²) in [5, 5.41) is 5.86. The van der Waals surface area contributed by atoms with E-state index in [9.17, 15) is 9.59 Å². The van der Waals surface area contributed by atoms with E-state index in [2.05, 4.69) is 15.6 Å². The lowest BCUT2D eigenvalue weighted by atomic mass is 10.1. The molecule has 0 unspecified atom stereocenters. The monoisotopic (exact) mass is 378 g/mol. The second kappa shape index (κ2) is 8.69. The molecule has 6 nitrogen and oxygen atoms in total. The van der Waals surface area contributed by atoms with Crippen LogP contribution in [0.3, 0.4) is 0 Å². The third kappa shape index (κ3) is 4.76. The van der Waals surface area contributed by atoms with Crippen molar-refractivity contribution < 1.29 is 9.59 Å². The first-order valence-corrected chi connectivity index (χ1v) is 9.52. The normalized spacial score (nSPS) is 11.0. The van der Waals surface area contributed by atoms with Crippen LogP contribution in [0.25, 0.3) is 11.0 Å². The summed E-state index contributed by atoms with van der Waals surface area (Å²) >= 11 is 0. The van der Waals surface area contributed by atoms with Crippen LogP contribution in [-0.4, -0.2) is 34.0 Å². The lowest BCUT2D eigenvalue weighted by molar-refractivity contribution is -0.122. The zero-order valence-electron chi connectivity index (χ0n) is 16.5. The highest BCUT2D eigenvalue weighted by Gasteiger charge is 2.14. The molecule has 3 aromatic rings. The van der Waals surface area contributed by atoms with Gasteiger partial charge in [0.05, 0.1) is 11.0 Å². The van der Waals surface area contributed by atoms with E-state index in [1.165, 1.54) is 0 Å². The topological polar surface area (TPSA) is 76.0 Å². The van der Waals surface area contributed by atoms with Crippen molar-refractivity contribution in [2.75, 3.05) is 6.54 Å². The predicted molar refractivity (Wildman–Crippen MR) is 110 cm³/mol. The lowest BCUT2D eigenvalue weighted by Gasteiger charge is -2.12. The second-order valence-electron chi connectivity index (χ2n) is 7.20. The van der Waals surface area contributed by atoms with Crippen LogP contribution in [0, 0.1) is 6.92 Å². The standard InChI is InChI=1S/C22H26N4O2/c1-15(2)24-21(27)14-26-19-10-5-4-9-18(19)25-20(26)11-12-23-22(28)17-8-6-7-16(3)13-17/h4-10,13,15H,11-12,14H2,1-3H3,(H,23,28)(H,24,27). The first-order chi connectivity index (χ1) is 13.4. The number of hydrogen-bond acceptors (Lipinski definition) is 3. The summed E-state index contributed by atoms with van der Waals surface area (Å²) in [5.41, 5.74) is 3.46. The van der Waals surface area contributed by atoms with Gasteiger partial charge < -0.3 is 15.2 Å². The molecule has 2 aromatic carbocycles. The van der Waals surface area contributed by atoms with E-state index in [4.69, 9.17) is 0 Å². The van der Waals surface area contributed by atoms with Crippen molar-refractivity contribution in [2.45, 2.75) is 39.8 Å². The number of rotatable bonds is 7. The van der Waals surface area contributed by atoms with Crippen molar-refractivity contribution >= 4 is 22.8 Å². The summed E-state index contributed by atoms with van der Waals surface area (Å²) in [7, 11) is 0. The van der Waals surface area contributed by atoms with Gasteiger partial charge in [0.25, 0.3) is 5.91 Å². The van der Waals surface area contributed by atoms with Crippen LogP contribution in [0.15, 0.2) is 48.5 Å². The summed E-state index contributed by atoms with van der Waals surface area (Å²) in [5.74, 6) is 0.622. The average molecular weight is 378 g/mol. The third-order valence-corrected chi connectivity index (χ3v) is 4.40. The van der Waals surface area contributed by atoms with Gasteiger partial charge in [0.2, 0.25) is 5.91 Å². The molecule has 2 N–H and O–H groups in total. The minimum atomic E-state index is -0.107. The number of carbonyl (C=O) groups excluding carboxylic acids is 2. The van der Waals surface area contributed by atoms with Gasteiger partial charge >= 0.3 is 0 Å². The van der Waals surface area contributed by atoms with Gasteiger partial charge in [0, 0.05) is 24.6 Å². The van der Waals surface area contributed by atoms with E-state index in [0.717, 1.165) is 22.4 Å². The van der Waals surface area contributed by atoms with Crippen molar-refractivity contribution in [1.29, 1.82) is 0 Å². The van der Waals surface area contributed by atoms with Gasteiger partial charge in [0.1, 0.15) is 12.4 Å². The summed E-state index contributed by atoms with van der Waals surface area (Å²) in [4.78, 5) is 29.3. The maximum atomic E-state index is 12.3. The fourth-order valence-corrected chi connectivity index (χ4v) is 3.18. The van der Waals surface area contributed by atoms with E-state index < -0.39 is 0 Å². The lowest BCUT2D eigenvalue weighted by Crippen LogP contribution is -2.33. The van der Waals surface area contributed by atoms with E-state index in [1.807, 2.05) is 67.8 Å². The molecule has 1 aromatic heterocycles. The van der Waals surface area contributed by atoms with Crippen LogP contribution in [0.2, 0.25) is 0 Å². The van der Waals surface area contributed by atoms with Gasteiger partial charge in [-0.25, -0.2) is 4.98 Å². The van der Waals surface area contributed by atoms with Crippen molar-refractivity contribution in [3.8, 4) is 0 Å². The van der Waals surface area contributed by atoms with Gasteiger partial charge in [-0.15, -0.1) is 0 Å². The maximum absolute atomic E-state index is 12.3. The molecule has 0 radical (unpaired) electrons. The number of aromatic nitrogens is 2. The molecular formula is C22H26N4O2. The first-order valence-electron chi connectivity index (χ1n) is 9.52. The molecule has 0 spiro atoms. The van der Waals surface area contributed by atoms with Crippen LogP contribution in [0.1, 0.15) is 35.6 Å². The van der Waals surface area contributed by atoms with Gasteiger partial charge in [-0.1, -0.05) is 29.8 Å². The molecular weight excluding hydrogens is 352 g/mol. The van der Waals surface area contributed by atoms with Crippen molar-refractivity contribution in [3.05, 3.63) is 65.5 Å². The molecule has 0 bridgehead atoms. The average Bonchev–Trinajstić information content (AvgIpc) is 2.98. The van der Waals surface area contributed by atoms with E-state index in [1.54, 1.807) is 6.07 Å². The molecule has 6 heteroatoms. The Balaban J connectivity index is 1.72. The highest BCUT2D eigenvalue weighted by Crippen LogP contribution is 2.16. The van der Waals surface area contributed by atoms with E-state index in [0.29, 0.717) is 18.5 Å². The van der Waals surface area contributed by atoms with E-state index >= 15 is 0 Å². The Morgan fingerprint density at radius 3 is 2.64 bits per heavy atom. The minimum absolute atomic E-state index is 0.0526. The first kappa shape index (κ1) is 19.6. The van der Waals surface area contributed by atoms with Crippen LogP contribution in [0.4, 0.5) is 0 Å². The SMILES string of the molecule is Cc1cccc(C(=O)NCCc2nc3ccccc3n2CC(=O)NC(C)C)c1. The summed E-state index contributed by atoms with van der Waals surface area (Å²) < 4.78 is 1.92. The van der Waals surface area contributed by atoms with Crippen molar-refractivity contribution in [2.24, 2.45) is 0 Å². The second-order valence-corrected chi connectivity index (χ2v) is 7.20. The Morgan fingerprint density at radius 2 is 1.89 bits per heavy atom. The molecule has 0 fully saturated rings. The summed E-state index contributed by atoms with van der Waals surface area (Å²) in [6.45, 7) is 6.49. The molecule has 146 valence electrons. The number of aryl methyl sites for hydroxylation is 1. The largest absolute Gasteiger partial charge is 0.352 e. The summed E-state index contributed by atoms with van der Waals surface area (Å²) in [6.07, 6.45) is 0.543. The van der Waals surface area contributed by atoms with E-state index in [-0.39, 0.29) is 24.4 Å². The fraction of sp³-hybridized carbons (Fsp3) is 0.318. The van der Waals surface area contributed by atoms with Crippen molar-refractivity contribution in [3.63, 3.8) is 0 Å². The fourth-order valence-electron chi connectivity index (χ4n) is 3.18. The Morgan fingerprint density at radius 1 is 1.11 bits per heavy atom. The molecule has 0 atom stereocenters. The number of para-hydroxylation sites is 2. The number of fused-ring (bicyclic) bond motifs is 1. The van der Waals surface area contributed by atoms with Gasteiger partial charge in [-0.05, 0) is 45.0 Å². The third-order valence-electron chi connectivity index (χ3n) is 4.40. The van der Waals surface area contributed by atoms with Gasteiger partial charge in [-0.2, -0.15) is 0 Å². The van der Waals surface area contributed by atoms with Crippen LogP contribution in [0.5, 0.6) is 0 Å². The van der Waals surface area contributed by atoms with Crippen LogP contribution in [-0.2, 0) is 17.8 Å². The van der Waals surface area contributed by atoms with Crippen LogP contribution >= 0.6 is 0 Å². The Labute approximate surface area is 165 Å². The minimum Gasteiger partial charge on any atom is -0.352 e. The number of nitrogens with zero attached hydrogens (tertiary/aromatic N) is 2. The van der Waals surface area contributed by atoms with Gasteiger partial charge in [-0.3, -0.25) is 9.59 Å². The number of imidazole rings is 1. The molecule has 3 rings (SSSR count). The highest BCUT2D eigenvalue weighted by molar-refractivity contribution is 5.94. The molecule has 0 aliphatic heterocycles. The Hall–Kier alpha value is -3.15. The maximum Gasteiger partial charge on any atom is 0.251 e. The molecule has 28 heavy (non-hydrogen) atoms. The Kier molecular flexibility index (Phi) is 6.09. The van der Waals surface area contributed by atoms with Crippen molar-refractivity contribution in [1.82, 2.24) is 20.2 Å². The number of hydrogen-bond donors (Lipinski definition) is 2. The smallest absolute Gasteiger partial charge is 0.251 e. The zero-order chi connectivity index (χ0) is 20.1. The molecule has 0 aliphatic carbocycles. The molecule has 0 aliphatic rings. The molecule has 0 saturated heterocycles. The molecule has 0 saturated carbocycles. The zero-order valence-corrected chi connectivity index (χ0v) is 16.5. The Bertz CT molecular complexity index is 991. The number of benzene rings is 2. The molecule has 2 amide bonds. The van der Waals surface area contributed by atoms with Crippen LogP contribution < -0.4 is 10.6 Å². The number of carbonyl (C=O) groups is 2. The summed E-state index contributed by atoms with van der Waals surface area (Å²) in [6, 6.07) is 15.3. The van der Waals surface area contributed by atoms with Gasteiger partial charge in [0.15, 0.2) is 0 Å². The number of nitrogens with one attached hydrogen (secondary N) is 2. The molecule has 1 heterocycles. The predicted octanol–water partition coefficient (Wildman–Crippen LogP) is 2.84. The quantitative estimate of drug-likeness (QED) is 0.664.